The molecule has 5 heteroatoms. The Labute approximate surface area is 113 Å². The molecule has 19 heavy (non-hydrogen) atoms. The standard InChI is InChI=1S/C14H19N3O2/c1-2-12-14(19)16-8-9-17(12)13(18)6-5-11-4-3-7-15-10-11/h3-4,7,10,12H,2,5-6,8-9H2,1H3,(H,16,19). The van der Waals surface area contributed by atoms with Gasteiger partial charge < -0.3 is 10.2 Å². The molecule has 1 aromatic rings. The molecule has 1 aromatic heterocycles. The number of nitrogens with zero attached hydrogens (tertiary/aromatic N) is 2. The fraction of sp³-hybridized carbons (Fsp3) is 0.500. The molecule has 1 N–H and O–H groups in total. The lowest BCUT2D eigenvalue weighted by atomic mass is 10.1. The topological polar surface area (TPSA) is 62.3 Å². The highest BCUT2D eigenvalue weighted by Crippen LogP contribution is 2.11. The molecule has 1 unspecified atom stereocenters. The van der Waals surface area contributed by atoms with Crippen LogP contribution in [0.2, 0.25) is 0 Å². The molecule has 2 heterocycles. The summed E-state index contributed by atoms with van der Waals surface area (Å²) in [7, 11) is 0. The maximum absolute atomic E-state index is 12.2. The second-order valence-electron chi connectivity index (χ2n) is 4.66. The lowest BCUT2D eigenvalue weighted by Gasteiger charge is -2.34. The van der Waals surface area contributed by atoms with Crippen LogP contribution in [0.1, 0.15) is 25.3 Å². The number of aromatic nitrogens is 1. The van der Waals surface area contributed by atoms with Crippen molar-refractivity contribution in [2.45, 2.75) is 32.2 Å². The summed E-state index contributed by atoms with van der Waals surface area (Å²) >= 11 is 0. The molecule has 102 valence electrons. The third-order valence-electron chi connectivity index (χ3n) is 3.39. The van der Waals surface area contributed by atoms with Gasteiger partial charge in [-0.05, 0) is 24.5 Å². The third kappa shape index (κ3) is 3.30. The number of nitrogens with one attached hydrogen (secondary N) is 1. The first-order chi connectivity index (χ1) is 9.22. The Morgan fingerprint density at radius 1 is 1.58 bits per heavy atom. The minimum atomic E-state index is -0.310. The summed E-state index contributed by atoms with van der Waals surface area (Å²) in [5.74, 6) is 0.00836. The van der Waals surface area contributed by atoms with Crippen molar-refractivity contribution in [1.29, 1.82) is 0 Å². The molecule has 2 rings (SSSR count). The van der Waals surface area contributed by atoms with Gasteiger partial charge >= 0.3 is 0 Å². The van der Waals surface area contributed by atoms with Crippen molar-refractivity contribution in [3.05, 3.63) is 30.1 Å². The predicted octanol–water partition coefficient (Wildman–Crippen LogP) is 0.751. The molecule has 1 fully saturated rings. The van der Waals surface area contributed by atoms with Gasteiger partial charge in [0.15, 0.2) is 0 Å². The van der Waals surface area contributed by atoms with Crippen LogP contribution < -0.4 is 5.32 Å². The predicted molar refractivity (Wildman–Crippen MR) is 71.4 cm³/mol. The number of amides is 2. The van der Waals surface area contributed by atoms with Crippen LogP contribution in [0.3, 0.4) is 0 Å². The second kappa shape index (κ2) is 6.31. The normalized spacial score (nSPS) is 19.1. The number of rotatable bonds is 4. The highest BCUT2D eigenvalue weighted by Gasteiger charge is 2.30. The van der Waals surface area contributed by atoms with Crippen LogP contribution in [0, 0.1) is 0 Å². The van der Waals surface area contributed by atoms with Crippen molar-refractivity contribution in [2.75, 3.05) is 13.1 Å². The lowest BCUT2D eigenvalue weighted by molar-refractivity contribution is -0.143. The zero-order valence-corrected chi connectivity index (χ0v) is 11.1. The van der Waals surface area contributed by atoms with E-state index in [1.807, 2.05) is 19.1 Å². The first-order valence-electron chi connectivity index (χ1n) is 6.68. The van der Waals surface area contributed by atoms with Crippen molar-refractivity contribution < 1.29 is 9.59 Å². The Kier molecular flexibility index (Phi) is 4.49. The first-order valence-corrected chi connectivity index (χ1v) is 6.68. The Morgan fingerprint density at radius 2 is 2.42 bits per heavy atom. The van der Waals surface area contributed by atoms with Crippen molar-refractivity contribution in [2.24, 2.45) is 0 Å². The first kappa shape index (κ1) is 13.5. The molecular weight excluding hydrogens is 242 g/mol. The summed E-state index contributed by atoms with van der Waals surface area (Å²) < 4.78 is 0. The molecule has 0 aliphatic carbocycles. The van der Waals surface area contributed by atoms with Crippen LogP contribution in [0.5, 0.6) is 0 Å². The molecule has 1 saturated heterocycles. The Morgan fingerprint density at radius 3 is 3.11 bits per heavy atom. The number of carbonyl (C=O) groups excluding carboxylic acids is 2. The van der Waals surface area contributed by atoms with E-state index in [9.17, 15) is 9.59 Å². The highest BCUT2D eigenvalue weighted by molar-refractivity contribution is 5.88. The Hall–Kier alpha value is -1.91. The zero-order chi connectivity index (χ0) is 13.7. The zero-order valence-electron chi connectivity index (χ0n) is 11.1. The van der Waals surface area contributed by atoms with E-state index in [0.717, 1.165) is 5.56 Å². The molecule has 0 spiro atoms. The molecule has 0 bridgehead atoms. The molecule has 2 amide bonds. The van der Waals surface area contributed by atoms with E-state index in [4.69, 9.17) is 0 Å². The number of pyridine rings is 1. The maximum Gasteiger partial charge on any atom is 0.242 e. The van der Waals surface area contributed by atoms with Gasteiger partial charge in [-0.25, -0.2) is 0 Å². The minimum absolute atomic E-state index is 0.0384. The molecule has 1 aliphatic heterocycles. The number of piperazine rings is 1. The van der Waals surface area contributed by atoms with E-state index in [1.54, 1.807) is 17.3 Å². The number of hydrogen-bond acceptors (Lipinski definition) is 3. The summed E-state index contributed by atoms with van der Waals surface area (Å²) in [6.07, 6.45) is 5.24. The second-order valence-corrected chi connectivity index (χ2v) is 4.66. The van der Waals surface area contributed by atoms with Crippen LogP contribution in [0.4, 0.5) is 0 Å². The highest BCUT2D eigenvalue weighted by atomic mass is 16.2. The molecule has 5 nitrogen and oxygen atoms in total. The van der Waals surface area contributed by atoms with Gasteiger partial charge in [-0.3, -0.25) is 14.6 Å². The summed E-state index contributed by atoms with van der Waals surface area (Å²) in [5.41, 5.74) is 1.05. The van der Waals surface area contributed by atoms with Gasteiger partial charge in [0, 0.05) is 31.9 Å². The van der Waals surface area contributed by atoms with Crippen LogP contribution in [0.25, 0.3) is 0 Å². The molecule has 0 aromatic carbocycles. The van der Waals surface area contributed by atoms with Crippen LogP contribution in [0.15, 0.2) is 24.5 Å². The Balaban J connectivity index is 1.93. The van der Waals surface area contributed by atoms with E-state index < -0.39 is 0 Å². The molecular formula is C14H19N3O2. The van der Waals surface area contributed by atoms with Crippen molar-refractivity contribution in [3.63, 3.8) is 0 Å². The fourth-order valence-corrected chi connectivity index (χ4v) is 2.36. The average molecular weight is 261 g/mol. The van der Waals surface area contributed by atoms with E-state index in [0.29, 0.717) is 32.4 Å². The van der Waals surface area contributed by atoms with Gasteiger partial charge in [-0.15, -0.1) is 0 Å². The van der Waals surface area contributed by atoms with Crippen LogP contribution in [-0.4, -0.2) is 40.8 Å². The van der Waals surface area contributed by atoms with E-state index in [-0.39, 0.29) is 17.9 Å². The monoisotopic (exact) mass is 261 g/mol. The van der Waals surface area contributed by atoms with Crippen molar-refractivity contribution in [3.8, 4) is 0 Å². The van der Waals surface area contributed by atoms with Gasteiger partial charge in [0.2, 0.25) is 11.8 Å². The SMILES string of the molecule is CCC1C(=O)NCCN1C(=O)CCc1cccnc1. The number of carbonyl (C=O) groups is 2. The summed E-state index contributed by atoms with van der Waals surface area (Å²) in [6, 6.07) is 3.51. The minimum Gasteiger partial charge on any atom is -0.353 e. The van der Waals surface area contributed by atoms with E-state index in [2.05, 4.69) is 10.3 Å². The number of aryl methyl sites for hydroxylation is 1. The number of hydrogen-bond donors (Lipinski definition) is 1. The van der Waals surface area contributed by atoms with Crippen molar-refractivity contribution >= 4 is 11.8 Å². The molecule has 0 saturated carbocycles. The maximum atomic E-state index is 12.2. The fourth-order valence-electron chi connectivity index (χ4n) is 2.36. The lowest BCUT2D eigenvalue weighted by Crippen LogP contribution is -2.56. The van der Waals surface area contributed by atoms with Gasteiger partial charge in [0.25, 0.3) is 0 Å². The molecule has 0 radical (unpaired) electrons. The summed E-state index contributed by atoms with van der Waals surface area (Å²) in [4.78, 5) is 29.6. The van der Waals surface area contributed by atoms with Gasteiger partial charge in [-0.2, -0.15) is 0 Å². The average Bonchev–Trinajstić information content (AvgIpc) is 2.45. The molecule has 1 atom stereocenters. The van der Waals surface area contributed by atoms with E-state index in [1.165, 1.54) is 0 Å². The van der Waals surface area contributed by atoms with Crippen LogP contribution in [-0.2, 0) is 16.0 Å². The third-order valence-corrected chi connectivity index (χ3v) is 3.39. The van der Waals surface area contributed by atoms with Gasteiger partial charge in [-0.1, -0.05) is 13.0 Å². The largest absolute Gasteiger partial charge is 0.353 e. The van der Waals surface area contributed by atoms with E-state index >= 15 is 0 Å². The Bertz CT molecular complexity index is 447. The quantitative estimate of drug-likeness (QED) is 0.870. The summed E-state index contributed by atoms with van der Waals surface area (Å²) in [5, 5.41) is 2.80. The van der Waals surface area contributed by atoms with Crippen LogP contribution >= 0.6 is 0 Å². The summed E-state index contributed by atoms with van der Waals surface area (Å²) in [6.45, 7) is 3.08. The molecule has 1 aliphatic rings. The smallest absolute Gasteiger partial charge is 0.242 e. The van der Waals surface area contributed by atoms with Gasteiger partial charge in [0.1, 0.15) is 6.04 Å². The van der Waals surface area contributed by atoms with Gasteiger partial charge in [0.05, 0.1) is 0 Å². The van der Waals surface area contributed by atoms with Crippen molar-refractivity contribution in [1.82, 2.24) is 15.2 Å².